The van der Waals surface area contributed by atoms with Crippen LogP contribution in [0.3, 0.4) is 0 Å². The molecule has 0 spiro atoms. The third kappa shape index (κ3) is 2.63. The zero-order valence-electron chi connectivity index (χ0n) is 11.3. The van der Waals surface area contributed by atoms with Crippen molar-refractivity contribution in [2.75, 3.05) is 11.4 Å². The SMILES string of the molecule is Fc1cc(F)c2c(c1)CCCN2c1ccc(C(F)(F)F)nc1. The number of fused-ring (bicyclic) bond motifs is 1. The van der Waals surface area contributed by atoms with Gasteiger partial charge in [0.15, 0.2) is 0 Å². The van der Waals surface area contributed by atoms with Crippen molar-refractivity contribution in [3.63, 3.8) is 0 Å². The molecular formula is C15H11F5N2. The lowest BCUT2D eigenvalue weighted by molar-refractivity contribution is -0.141. The van der Waals surface area contributed by atoms with Gasteiger partial charge >= 0.3 is 6.18 Å². The molecule has 2 nitrogen and oxygen atoms in total. The molecule has 0 saturated heterocycles. The number of pyridine rings is 1. The van der Waals surface area contributed by atoms with E-state index in [1.165, 1.54) is 17.0 Å². The molecule has 0 saturated carbocycles. The van der Waals surface area contributed by atoms with E-state index in [0.717, 1.165) is 18.3 Å². The fourth-order valence-electron chi connectivity index (χ4n) is 2.62. The molecule has 0 aliphatic carbocycles. The molecule has 0 atom stereocenters. The van der Waals surface area contributed by atoms with Crippen LogP contribution in [0.5, 0.6) is 0 Å². The second-order valence-electron chi connectivity index (χ2n) is 5.05. The van der Waals surface area contributed by atoms with Crippen molar-refractivity contribution in [2.24, 2.45) is 0 Å². The largest absolute Gasteiger partial charge is 0.433 e. The predicted molar refractivity (Wildman–Crippen MR) is 70.9 cm³/mol. The normalized spacial score (nSPS) is 14.9. The van der Waals surface area contributed by atoms with Crippen molar-refractivity contribution in [2.45, 2.75) is 19.0 Å². The van der Waals surface area contributed by atoms with Crippen LogP contribution in [0.15, 0.2) is 30.5 Å². The van der Waals surface area contributed by atoms with Crippen molar-refractivity contribution in [1.29, 1.82) is 0 Å². The number of aryl methyl sites for hydroxylation is 1. The monoisotopic (exact) mass is 314 g/mol. The van der Waals surface area contributed by atoms with Crippen molar-refractivity contribution < 1.29 is 22.0 Å². The van der Waals surface area contributed by atoms with Gasteiger partial charge in [0, 0.05) is 12.6 Å². The molecule has 0 N–H and O–H groups in total. The Balaban J connectivity index is 2.01. The zero-order chi connectivity index (χ0) is 15.9. The average molecular weight is 314 g/mol. The molecule has 22 heavy (non-hydrogen) atoms. The minimum absolute atomic E-state index is 0.203. The van der Waals surface area contributed by atoms with Gasteiger partial charge in [-0.15, -0.1) is 0 Å². The van der Waals surface area contributed by atoms with E-state index in [1.807, 2.05) is 0 Å². The molecule has 1 aliphatic heterocycles. The Morgan fingerprint density at radius 2 is 1.86 bits per heavy atom. The maximum Gasteiger partial charge on any atom is 0.433 e. The molecule has 1 aromatic heterocycles. The highest BCUT2D eigenvalue weighted by molar-refractivity contribution is 5.68. The van der Waals surface area contributed by atoms with E-state index < -0.39 is 23.5 Å². The smallest absolute Gasteiger partial charge is 0.338 e. The summed E-state index contributed by atoms with van der Waals surface area (Å²) in [5.74, 6) is -1.39. The number of nitrogens with zero attached hydrogens (tertiary/aromatic N) is 2. The fourth-order valence-corrected chi connectivity index (χ4v) is 2.62. The van der Waals surface area contributed by atoms with Crippen LogP contribution in [0.1, 0.15) is 17.7 Å². The topological polar surface area (TPSA) is 16.1 Å². The predicted octanol–water partition coefficient (Wildman–Crippen LogP) is 4.46. The van der Waals surface area contributed by atoms with Crippen molar-refractivity contribution in [1.82, 2.24) is 4.98 Å². The summed E-state index contributed by atoms with van der Waals surface area (Å²) in [6.07, 6.45) is -2.29. The number of benzene rings is 1. The first-order chi connectivity index (χ1) is 10.4. The van der Waals surface area contributed by atoms with Gasteiger partial charge < -0.3 is 4.90 Å². The van der Waals surface area contributed by atoms with Crippen LogP contribution in [0.2, 0.25) is 0 Å². The van der Waals surface area contributed by atoms with E-state index >= 15 is 0 Å². The first-order valence-corrected chi connectivity index (χ1v) is 6.65. The summed E-state index contributed by atoms with van der Waals surface area (Å²) < 4.78 is 64.9. The van der Waals surface area contributed by atoms with Gasteiger partial charge in [-0.1, -0.05) is 0 Å². The Labute approximate surface area is 123 Å². The van der Waals surface area contributed by atoms with Gasteiger partial charge in [-0.2, -0.15) is 13.2 Å². The quantitative estimate of drug-likeness (QED) is 0.722. The summed E-state index contributed by atoms with van der Waals surface area (Å²) >= 11 is 0. The van der Waals surface area contributed by atoms with E-state index in [1.54, 1.807) is 0 Å². The number of hydrogen-bond donors (Lipinski definition) is 0. The third-order valence-electron chi connectivity index (χ3n) is 3.55. The Morgan fingerprint density at radius 3 is 2.50 bits per heavy atom. The summed E-state index contributed by atoms with van der Waals surface area (Å²) in [4.78, 5) is 4.91. The number of alkyl halides is 3. The van der Waals surface area contributed by atoms with Crippen LogP contribution in [-0.2, 0) is 12.6 Å². The van der Waals surface area contributed by atoms with Gasteiger partial charge in [0.2, 0.25) is 0 Å². The standard InChI is InChI=1S/C15H11F5N2/c16-10-6-9-2-1-5-22(14(9)12(17)7-10)11-3-4-13(21-8-11)15(18,19)20/h3-4,6-8H,1-2,5H2. The molecule has 0 amide bonds. The molecule has 0 bridgehead atoms. The lowest BCUT2D eigenvalue weighted by atomic mass is 10.0. The Kier molecular flexibility index (Phi) is 3.50. The van der Waals surface area contributed by atoms with E-state index in [2.05, 4.69) is 4.98 Å². The molecule has 0 fully saturated rings. The van der Waals surface area contributed by atoms with E-state index in [0.29, 0.717) is 30.6 Å². The van der Waals surface area contributed by atoms with E-state index in [9.17, 15) is 22.0 Å². The van der Waals surface area contributed by atoms with E-state index in [4.69, 9.17) is 0 Å². The van der Waals surface area contributed by atoms with Crippen LogP contribution >= 0.6 is 0 Å². The summed E-state index contributed by atoms with van der Waals surface area (Å²) in [6.45, 7) is 0.433. The molecule has 1 aliphatic rings. The minimum Gasteiger partial charge on any atom is -0.338 e. The van der Waals surface area contributed by atoms with Crippen molar-refractivity contribution >= 4 is 11.4 Å². The van der Waals surface area contributed by atoms with Crippen LogP contribution in [0, 0.1) is 11.6 Å². The summed E-state index contributed by atoms with van der Waals surface area (Å²) in [5.41, 5.74) is 0.0466. The molecule has 0 radical (unpaired) electrons. The second kappa shape index (κ2) is 5.23. The Bertz CT molecular complexity index is 694. The summed E-state index contributed by atoms with van der Waals surface area (Å²) in [6, 6.07) is 4.12. The first kappa shape index (κ1) is 14.7. The van der Waals surface area contributed by atoms with Gasteiger partial charge in [-0.3, -0.25) is 0 Å². The number of aromatic nitrogens is 1. The van der Waals surface area contributed by atoms with Gasteiger partial charge in [0.25, 0.3) is 0 Å². The maximum atomic E-state index is 14.1. The molecule has 2 aromatic rings. The number of anilines is 2. The molecule has 1 aromatic carbocycles. The summed E-state index contributed by atoms with van der Waals surface area (Å²) in [5, 5.41) is 0. The first-order valence-electron chi connectivity index (χ1n) is 6.65. The number of halogens is 5. The molecular weight excluding hydrogens is 303 g/mol. The van der Waals surface area contributed by atoms with Crippen molar-refractivity contribution in [3.8, 4) is 0 Å². The maximum absolute atomic E-state index is 14.1. The van der Waals surface area contributed by atoms with Gasteiger partial charge in [-0.25, -0.2) is 13.8 Å². The molecule has 116 valence electrons. The lowest BCUT2D eigenvalue weighted by Gasteiger charge is -2.31. The van der Waals surface area contributed by atoms with Gasteiger partial charge in [-0.05, 0) is 36.6 Å². The van der Waals surface area contributed by atoms with Crippen LogP contribution < -0.4 is 4.90 Å². The number of hydrogen-bond acceptors (Lipinski definition) is 2. The Hall–Kier alpha value is -2.18. The molecule has 7 heteroatoms. The van der Waals surface area contributed by atoms with E-state index in [-0.39, 0.29) is 5.69 Å². The highest BCUT2D eigenvalue weighted by Gasteiger charge is 2.32. The van der Waals surface area contributed by atoms with Gasteiger partial charge in [0.1, 0.15) is 17.3 Å². The number of rotatable bonds is 1. The zero-order valence-corrected chi connectivity index (χ0v) is 11.3. The van der Waals surface area contributed by atoms with Crippen LogP contribution in [-0.4, -0.2) is 11.5 Å². The summed E-state index contributed by atoms with van der Waals surface area (Å²) in [7, 11) is 0. The average Bonchev–Trinajstić information content (AvgIpc) is 2.45. The lowest BCUT2D eigenvalue weighted by Crippen LogP contribution is -2.26. The fraction of sp³-hybridized carbons (Fsp3) is 0.267. The Morgan fingerprint density at radius 1 is 1.09 bits per heavy atom. The third-order valence-corrected chi connectivity index (χ3v) is 3.55. The van der Waals surface area contributed by atoms with Crippen molar-refractivity contribution in [3.05, 3.63) is 53.4 Å². The van der Waals surface area contributed by atoms with Crippen LogP contribution in [0.4, 0.5) is 33.3 Å². The second-order valence-corrected chi connectivity index (χ2v) is 5.05. The highest BCUT2D eigenvalue weighted by atomic mass is 19.4. The van der Waals surface area contributed by atoms with Gasteiger partial charge in [0.05, 0.1) is 17.6 Å². The highest BCUT2D eigenvalue weighted by Crippen LogP contribution is 2.37. The molecule has 3 rings (SSSR count). The minimum atomic E-state index is -4.52. The molecule has 2 heterocycles. The van der Waals surface area contributed by atoms with Crippen LogP contribution in [0.25, 0.3) is 0 Å². The molecule has 0 unspecified atom stereocenters.